The number of ether oxygens (including phenoxy) is 2. The molecular weight excluding hydrogens is 452 g/mol. The van der Waals surface area contributed by atoms with Gasteiger partial charge in [0.25, 0.3) is 0 Å². The Morgan fingerprint density at radius 2 is 1.86 bits per heavy atom. The van der Waals surface area contributed by atoms with Crippen LogP contribution in [0, 0.1) is 17.6 Å². The lowest BCUT2D eigenvalue weighted by molar-refractivity contribution is 0.126. The lowest BCUT2D eigenvalue weighted by Gasteiger charge is -2.46. The van der Waals surface area contributed by atoms with Crippen molar-refractivity contribution < 1.29 is 23.0 Å². The van der Waals surface area contributed by atoms with Gasteiger partial charge in [0.1, 0.15) is 0 Å². The highest BCUT2D eigenvalue weighted by molar-refractivity contribution is 5.89. The highest BCUT2D eigenvalue weighted by atomic mass is 19.2. The molecular formula is C27H35F2N3O3. The van der Waals surface area contributed by atoms with Gasteiger partial charge >= 0.3 is 6.03 Å². The maximum absolute atomic E-state index is 13.5. The van der Waals surface area contributed by atoms with Crippen LogP contribution < -0.4 is 20.1 Å². The van der Waals surface area contributed by atoms with Gasteiger partial charge in [-0.15, -0.1) is 0 Å². The van der Waals surface area contributed by atoms with Crippen molar-refractivity contribution in [2.24, 2.45) is 5.92 Å². The van der Waals surface area contributed by atoms with Crippen molar-refractivity contribution in [2.75, 3.05) is 32.6 Å². The summed E-state index contributed by atoms with van der Waals surface area (Å²) in [7, 11) is 3.30. The summed E-state index contributed by atoms with van der Waals surface area (Å²) in [5.74, 6) is 0.0370. The standard InChI is InChI=1S/C27H35F2N3O3/c1-17(2)16-32-12-11-27(18-5-8-23(34-3)24(13-18)35-4)10-9-20(15-25(27)32)31-26(33)30-19-6-7-21(28)22(29)14-19/h5-8,13-14,17,20,25H,9-12,15-16H2,1-4H3,(H2,30,31,33). The number of methoxy groups -OCH3 is 2. The Balaban J connectivity index is 1.53. The highest BCUT2D eigenvalue weighted by Crippen LogP contribution is 2.50. The van der Waals surface area contributed by atoms with Crippen molar-refractivity contribution in [3.05, 3.63) is 53.6 Å². The Labute approximate surface area is 206 Å². The van der Waals surface area contributed by atoms with E-state index in [1.165, 1.54) is 11.6 Å². The summed E-state index contributed by atoms with van der Waals surface area (Å²) in [6, 6.07) is 9.41. The molecule has 1 aliphatic heterocycles. The molecule has 2 aliphatic rings. The van der Waals surface area contributed by atoms with Crippen LogP contribution in [0.5, 0.6) is 11.5 Å². The van der Waals surface area contributed by atoms with Gasteiger partial charge in [0.15, 0.2) is 23.1 Å². The summed E-state index contributed by atoms with van der Waals surface area (Å²) >= 11 is 0. The van der Waals surface area contributed by atoms with Crippen molar-refractivity contribution >= 4 is 11.7 Å². The number of hydrogen-bond acceptors (Lipinski definition) is 4. The van der Waals surface area contributed by atoms with Crippen molar-refractivity contribution in [3.63, 3.8) is 0 Å². The van der Waals surface area contributed by atoms with Gasteiger partial charge < -0.3 is 20.1 Å². The van der Waals surface area contributed by atoms with Crippen LogP contribution in [-0.2, 0) is 5.41 Å². The third kappa shape index (κ3) is 5.22. The Morgan fingerprint density at radius 1 is 1.09 bits per heavy atom. The van der Waals surface area contributed by atoms with E-state index in [1.807, 2.05) is 6.07 Å². The fraction of sp³-hybridized carbons (Fsp3) is 0.519. The van der Waals surface area contributed by atoms with E-state index in [1.54, 1.807) is 14.2 Å². The number of urea groups is 1. The summed E-state index contributed by atoms with van der Waals surface area (Å²) in [4.78, 5) is 15.2. The quantitative estimate of drug-likeness (QED) is 0.555. The molecule has 0 bridgehead atoms. The van der Waals surface area contributed by atoms with E-state index >= 15 is 0 Å². The van der Waals surface area contributed by atoms with E-state index in [-0.39, 0.29) is 23.2 Å². The molecule has 8 heteroatoms. The molecule has 2 aromatic carbocycles. The average molecular weight is 488 g/mol. The number of hydrogen-bond donors (Lipinski definition) is 2. The number of nitrogens with one attached hydrogen (secondary N) is 2. The minimum absolute atomic E-state index is 0.0219. The predicted molar refractivity (Wildman–Crippen MR) is 132 cm³/mol. The largest absolute Gasteiger partial charge is 0.493 e. The number of benzene rings is 2. The molecule has 190 valence electrons. The van der Waals surface area contributed by atoms with E-state index in [0.29, 0.717) is 11.7 Å². The highest BCUT2D eigenvalue weighted by Gasteiger charge is 2.51. The summed E-state index contributed by atoms with van der Waals surface area (Å²) in [5, 5.41) is 5.69. The smallest absolute Gasteiger partial charge is 0.319 e. The first-order chi connectivity index (χ1) is 16.8. The van der Waals surface area contributed by atoms with Crippen molar-refractivity contribution in [1.29, 1.82) is 0 Å². The van der Waals surface area contributed by atoms with Crippen LogP contribution in [0.4, 0.5) is 19.3 Å². The number of anilines is 1. The van der Waals surface area contributed by atoms with Crippen LogP contribution in [-0.4, -0.2) is 50.3 Å². The van der Waals surface area contributed by atoms with Gasteiger partial charge in [-0.2, -0.15) is 0 Å². The number of rotatable bonds is 7. The van der Waals surface area contributed by atoms with Crippen molar-refractivity contribution in [2.45, 2.75) is 57.0 Å². The van der Waals surface area contributed by atoms with E-state index in [9.17, 15) is 13.6 Å². The first-order valence-corrected chi connectivity index (χ1v) is 12.2. The molecule has 2 aromatic rings. The molecule has 3 atom stereocenters. The summed E-state index contributed by atoms with van der Waals surface area (Å²) in [6.45, 7) is 6.45. The molecule has 2 fully saturated rings. The average Bonchev–Trinajstić information content (AvgIpc) is 3.19. The lowest BCUT2D eigenvalue weighted by atomic mass is 9.65. The van der Waals surface area contributed by atoms with Gasteiger partial charge in [-0.05, 0) is 68.0 Å². The third-order valence-electron chi connectivity index (χ3n) is 7.44. The van der Waals surface area contributed by atoms with Gasteiger partial charge in [-0.25, -0.2) is 13.6 Å². The molecule has 1 aliphatic carbocycles. The van der Waals surface area contributed by atoms with Crippen LogP contribution in [0.15, 0.2) is 36.4 Å². The molecule has 3 unspecified atom stereocenters. The second-order valence-electron chi connectivity index (χ2n) is 10.1. The summed E-state index contributed by atoms with van der Waals surface area (Å²) in [6.07, 6.45) is 3.61. The molecule has 4 rings (SSSR count). The Kier molecular flexibility index (Phi) is 7.50. The molecule has 6 nitrogen and oxygen atoms in total. The molecule has 2 amide bonds. The zero-order chi connectivity index (χ0) is 25.2. The number of halogens is 2. The molecule has 2 N–H and O–H groups in total. The zero-order valence-corrected chi connectivity index (χ0v) is 20.9. The lowest BCUT2D eigenvalue weighted by Crippen LogP contribution is -2.53. The molecule has 0 radical (unpaired) electrons. The second kappa shape index (κ2) is 10.4. The third-order valence-corrected chi connectivity index (χ3v) is 7.44. The fourth-order valence-electron chi connectivity index (χ4n) is 5.87. The number of fused-ring (bicyclic) bond motifs is 1. The minimum atomic E-state index is -0.990. The molecule has 35 heavy (non-hydrogen) atoms. The normalized spacial score (nSPS) is 24.2. The SMILES string of the molecule is COc1ccc(C23CCC(NC(=O)Nc4ccc(F)c(F)c4)CC2N(CC(C)C)CC3)cc1OC. The van der Waals surface area contributed by atoms with Crippen LogP contribution >= 0.6 is 0 Å². The van der Waals surface area contributed by atoms with E-state index in [0.717, 1.165) is 56.7 Å². The number of likely N-dealkylation sites (tertiary alicyclic amines) is 1. The molecule has 0 spiro atoms. The number of carbonyl (C=O) groups is 1. The fourth-order valence-corrected chi connectivity index (χ4v) is 5.87. The molecule has 0 aromatic heterocycles. The maximum Gasteiger partial charge on any atom is 0.319 e. The van der Waals surface area contributed by atoms with Gasteiger partial charge in [-0.3, -0.25) is 4.90 Å². The first kappa shape index (κ1) is 25.2. The molecule has 1 saturated heterocycles. The van der Waals surface area contributed by atoms with E-state index < -0.39 is 17.7 Å². The van der Waals surface area contributed by atoms with Gasteiger partial charge in [0.2, 0.25) is 0 Å². The second-order valence-corrected chi connectivity index (χ2v) is 10.1. The van der Waals surface area contributed by atoms with Gasteiger partial charge in [-0.1, -0.05) is 19.9 Å². The van der Waals surface area contributed by atoms with Gasteiger partial charge in [0, 0.05) is 35.8 Å². The maximum atomic E-state index is 13.5. The van der Waals surface area contributed by atoms with Crippen LogP contribution in [0.3, 0.4) is 0 Å². The van der Waals surface area contributed by atoms with Crippen LogP contribution in [0.25, 0.3) is 0 Å². The number of nitrogens with zero attached hydrogens (tertiary/aromatic N) is 1. The summed E-state index contributed by atoms with van der Waals surface area (Å²) in [5.41, 5.74) is 1.44. The monoisotopic (exact) mass is 487 g/mol. The zero-order valence-electron chi connectivity index (χ0n) is 20.9. The number of carbonyl (C=O) groups excluding carboxylic acids is 1. The van der Waals surface area contributed by atoms with Gasteiger partial charge in [0.05, 0.1) is 14.2 Å². The Morgan fingerprint density at radius 3 is 2.54 bits per heavy atom. The Bertz CT molecular complexity index is 1060. The summed E-state index contributed by atoms with van der Waals surface area (Å²) < 4.78 is 37.8. The molecule has 1 saturated carbocycles. The minimum Gasteiger partial charge on any atom is -0.493 e. The molecule has 1 heterocycles. The van der Waals surface area contributed by atoms with Crippen molar-refractivity contribution in [3.8, 4) is 11.5 Å². The Hall–Kier alpha value is -2.87. The van der Waals surface area contributed by atoms with Crippen LogP contribution in [0.2, 0.25) is 0 Å². The van der Waals surface area contributed by atoms with Crippen LogP contribution in [0.1, 0.15) is 45.1 Å². The van der Waals surface area contributed by atoms with E-state index in [2.05, 4.69) is 41.5 Å². The van der Waals surface area contributed by atoms with E-state index in [4.69, 9.17) is 9.47 Å². The topological polar surface area (TPSA) is 62.8 Å². The van der Waals surface area contributed by atoms with Crippen molar-refractivity contribution in [1.82, 2.24) is 10.2 Å². The first-order valence-electron chi connectivity index (χ1n) is 12.2. The number of amides is 2. The predicted octanol–water partition coefficient (Wildman–Crippen LogP) is 5.32.